The molecule has 0 aliphatic heterocycles. The van der Waals surface area contributed by atoms with Crippen molar-refractivity contribution in [2.24, 2.45) is 0 Å². The normalized spacial score (nSPS) is 10.4. The largest absolute Gasteiger partial charge is 0.292 e. The molecule has 0 radical (unpaired) electrons. The van der Waals surface area contributed by atoms with Crippen LogP contribution in [0.15, 0.2) is 12.3 Å². The molecule has 1 aromatic rings. The second-order valence-electron chi connectivity index (χ2n) is 3.00. The molecule has 0 N–H and O–H groups in total. The maximum atomic E-state index is 11.7. The highest BCUT2D eigenvalue weighted by Crippen LogP contribution is 2.07. The molecule has 0 saturated carbocycles. The average Bonchev–Trinajstić information content (AvgIpc) is 2.63. The summed E-state index contributed by atoms with van der Waals surface area (Å²) >= 11 is 1.65. The molecule has 0 unspecified atom stereocenters. The van der Waals surface area contributed by atoms with Crippen LogP contribution in [0.4, 0.5) is 0 Å². The number of nitrogens with zero attached hydrogens (tertiary/aromatic N) is 2. The van der Waals surface area contributed by atoms with E-state index in [2.05, 4.69) is 18.9 Å². The van der Waals surface area contributed by atoms with Gasteiger partial charge in [0.15, 0.2) is 5.78 Å². The fourth-order valence-corrected chi connectivity index (χ4v) is 1.77. The zero-order valence-corrected chi connectivity index (χ0v) is 9.51. The highest BCUT2D eigenvalue weighted by Gasteiger charge is 2.10. The maximum absolute atomic E-state index is 11.7. The fraction of sp³-hybridized carbons (Fsp3) is 0.600. The number of hydrogen-bond donors (Lipinski definition) is 0. The summed E-state index contributed by atoms with van der Waals surface area (Å²) in [6, 6.07) is 1.80. The molecule has 0 atom stereocenters. The Morgan fingerprint density at radius 2 is 2.36 bits per heavy atom. The zero-order valence-electron chi connectivity index (χ0n) is 8.69. The molecule has 0 spiro atoms. The Balaban J connectivity index is 2.63. The summed E-state index contributed by atoms with van der Waals surface area (Å²) in [5.41, 5.74) is 0.743. The van der Waals surface area contributed by atoms with Crippen LogP contribution in [0.3, 0.4) is 0 Å². The van der Waals surface area contributed by atoms with Crippen LogP contribution < -0.4 is 0 Å². The molecule has 0 aromatic carbocycles. The summed E-state index contributed by atoms with van der Waals surface area (Å²) in [5, 5.41) is 4.12. The van der Waals surface area contributed by atoms with Crippen molar-refractivity contribution in [3.8, 4) is 0 Å². The van der Waals surface area contributed by atoms with Crippen molar-refractivity contribution in [1.29, 1.82) is 0 Å². The first-order chi connectivity index (χ1) is 6.79. The SMILES string of the molecule is CCCn1nccc1C(=O)CSCC. The molecule has 0 amide bonds. The fourth-order valence-electron chi connectivity index (χ4n) is 1.23. The molecule has 1 rings (SSSR count). The minimum Gasteiger partial charge on any atom is -0.292 e. The van der Waals surface area contributed by atoms with Crippen molar-refractivity contribution in [3.05, 3.63) is 18.0 Å². The standard InChI is InChI=1S/C10H16N2OS/c1-3-7-12-9(5-6-11-12)10(13)8-14-4-2/h5-6H,3-4,7-8H2,1-2H3. The summed E-state index contributed by atoms with van der Waals surface area (Å²) in [6.45, 7) is 4.96. The highest BCUT2D eigenvalue weighted by atomic mass is 32.2. The summed E-state index contributed by atoms with van der Waals surface area (Å²) < 4.78 is 1.79. The molecular weight excluding hydrogens is 196 g/mol. The number of rotatable bonds is 6. The summed E-state index contributed by atoms with van der Waals surface area (Å²) in [7, 11) is 0. The summed E-state index contributed by atoms with van der Waals surface area (Å²) in [6.07, 6.45) is 2.70. The minimum atomic E-state index is 0.183. The summed E-state index contributed by atoms with van der Waals surface area (Å²) in [4.78, 5) is 11.7. The van der Waals surface area contributed by atoms with E-state index in [0.717, 1.165) is 24.4 Å². The Labute approximate surface area is 88.9 Å². The lowest BCUT2D eigenvalue weighted by Gasteiger charge is -2.04. The molecule has 4 heteroatoms. The van der Waals surface area contributed by atoms with Crippen LogP contribution >= 0.6 is 11.8 Å². The highest BCUT2D eigenvalue weighted by molar-refractivity contribution is 7.99. The van der Waals surface area contributed by atoms with E-state index >= 15 is 0 Å². The number of thioether (sulfide) groups is 1. The molecule has 0 fully saturated rings. The van der Waals surface area contributed by atoms with Crippen molar-refractivity contribution >= 4 is 17.5 Å². The van der Waals surface area contributed by atoms with Gasteiger partial charge in [-0.3, -0.25) is 9.48 Å². The quantitative estimate of drug-likeness (QED) is 0.678. The number of ketones is 1. The third-order valence-corrected chi connectivity index (χ3v) is 2.75. The third-order valence-electron chi connectivity index (χ3n) is 1.87. The Morgan fingerprint density at radius 3 is 3.00 bits per heavy atom. The topological polar surface area (TPSA) is 34.9 Å². The van der Waals surface area contributed by atoms with E-state index in [1.54, 1.807) is 28.7 Å². The molecule has 14 heavy (non-hydrogen) atoms. The van der Waals surface area contributed by atoms with Gasteiger partial charge in [0, 0.05) is 12.7 Å². The van der Waals surface area contributed by atoms with Gasteiger partial charge >= 0.3 is 0 Å². The van der Waals surface area contributed by atoms with Crippen LogP contribution in [-0.2, 0) is 6.54 Å². The predicted molar refractivity (Wildman–Crippen MR) is 59.8 cm³/mol. The average molecular weight is 212 g/mol. The minimum absolute atomic E-state index is 0.183. The number of Topliss-reactive ketones (excluding diaryl/α,β-unsaturated/α-hetero) is 1. The predicted octanol–water partition coefficient (Wildman–Crippen LogP) is 2.23. The van der Waals surface area contributed by atoms with E-state index in [1.165, 1.54) is 0 Å². The van der Waals surface area contributed by atoms with Gasteiger partial charge in [0.2, 0.25) is 0 Å². The van der Waals surface area contributed by atoms with Crippen molar-refractivity contribution in [1.82, 2.24) is 9.78 Å². The van der Waals surface area contributed by atoms with Gasteiger partial charge in [0.1, 0.15) is 5.69 Å². The Hall–Kier alpha value is -0.770. The molecule has 0 aliphatic carbocycles. The Kier molecular flexibility index (Phi) is 4.73. The van der Waals surface area contributed by atoms with E-state index in [-0.39, 0.29) is 5.78 Å². The van der Waals surface area contributed by atoms with Gasteiger partial charge in [-0.1, -0.05) is 13.8 Å². The lowest BCUT2D eigenvalue weighted by atomic mass is 10.3. The number of carbonyl (C=O) groups is 1. The molecular formula is C10H16N2OS. The molecule has 1 aromatic heterocycles. The lowest BCUT2D eigenvalue weighted by Crippen LogP contribution is -2.12. The summed E-state index contributed by atoms with van der Waals surface area (Å²) in [5.74, 6) is 1.72. The lowest BCUT2D eigenvalue weighted by molar-refractivity contribution is 0.101. The zero-order chi connectivity index (χ0) is 10.4. The van der Waals surface area contributed by atoms with E-state index < -0.39 is 0 Å². The van der Waals surface area contributed by atoms with E-state index in [0.29, 0.717) is 5.75 Å². The van der Waals surface area contributed by atoms with Gasteiger partial charge in [-0.05, 0) is 18.2 Å². The molecule has 1 heterocycles. The van der Waals surface area contributed by atoms with Crippen LogP contribution in [0, 0.1) is 0 Å². The number of hydrogen-bond acceptors (Lipinski definition) is 3. The van der Waals surface area contributed by atoms with Gasteiger partial charge in [0.05, 0.1) is 5.75 Å². The van der Waals surface area contributed by atoms with Gasteiger partial charge in [0.25, 0.3) is 0 Å². The third kappa shape index (κ3) is 2.87. The first-order valence-corrected chi connectivity index (χ1v) is 6.07. The molecule has 3 nitrogen and oxygen atoms in total. The van der Waals surface area contributed by atoms with Crippen LogP contribution in [0.1, 0.15) is 30.8 Å². The first-order valence-electron chi connectivity index (χ1n) is 4.92. The Morgan fingerprint density at radius 1 is 1.57 bits per heavy atom. The van der Waals surface area contributed by atoms with Crippen molar-refractivity contribution < 1.29 is 4.79 Å². The van der Waals surface area contributed by atoms with Crippen LogP contribution in [-0.4, -0.2) is 27.1 Å². The Bertz CT molecular complexity index is 296. The van der Waals surface area contributed by atoms with Gasteiger partial charge in [-0.25, -0.2) is 0 Å². The first kappa shape index (κ1) is 11.3. The monoisotopic (exact) mass is 212 g/mol. The van der Waals surface area contributed by atoms with Crippen molar-refractivity contribution in [3.63, 3.8) is 0 Å². The molecule has 78 valence electrons. The van der Waals surface area contributed by atoms with Gasteiger partial charge < -0.3 is 0 Å². The molecule has 0 aliphatic rings. The molecule has 0 saturated heterocycles. The van der Waals surface area contributed by atoms with E-state index in [9.17, 15) is 4.79 Å². The van der Waals surface area contributed by atoms with Crippen molar-refractivity contribution in [2.75, 3.05) is 11.5 Å². The number of aryl methyl sites for hydroxylation is 1. The van der Waals surface area contributed by atoms with Gasteiger partial charge in [-0.2, -0.15) is 16.9 Å². The van der Waals surface area contributed by atoms with Crippen molar-refractivity contribution in [2.45, 2.75) is 26.8 Å². The van der Waals surface area contributed by atoms with E-state index in [4.69, 9.17) is 0 Å². The number of carbonyl (C=O) groups excluding carboxylic acids is 1. The van der Waals surface area contributed by atoms with Crippen LogP contribution in [0.25, 0.3) is 0 Å². The van der Waals surface area contributed by atoms with Gasteiger partial charge in [-0.15, -0.1) is 0 Å². The maximum Gasteiger partial charge on any atom is 0.190 e. The van der Waals surface area contributed by atoms with Crippen LogP contribution in [0.2, 0.25) is 0 Å². The second-order valence-corrected chi connectivity index (χ2v) is 4.27. The van der Waals surface area contributed by atoms with Crippen LogP contribution in [0.5, 0.6) is 0 Å². The smallest absolute Gasteiger partial charge is 0.190 e. The molecule has 0 bridgehead atoms. The number of aromatic nitrogens is 2. The second kappa shape index (κ2) is 5.86. The van der Waals surface area contributed by atoms with E-state index in [1.807, 2.05) is 0 Å².